The van der Waals surface area contributed by atoms with Gasteiger partial charge in [-0.3, -0.25) is 0 Å². The number of hydrogen-bond acceptors (Lipinski definition) is 2. The van der Waals surface area contributed by atoms with E-state index in [9.17, 15) is 10.0 Å². The molecule has 0 heterocycles. The summed E-state index contributed by atoms with van der Waals surface area (Å²) in [5.74, 6) is 0. The molecule has 0 saturated carbocycles. The van der Waals surface area contributed by atoms with Crippen molar-refractivity contribution in [3.63, 3.8) is 0 Å². The van der Waals surface area contributed by atoms with Gasteiger partial charge in [0.15, 0.2) is 0 Å². The van der Waals surface area contributed by atoms with Crippen LogP contribution in [0, 0.1) is 0 Å². The summed E-state index contributed by atoms with van der Waals surface area (Å²) < 4.78 is 0. The van der Waals surface area contributed by atoms with Crippen LogP contribution in [0.2, 0.25) is 24.7 Å². The normalized spacial score (nSPS) is 11.5. The van der Waals surface area contributed by atoms with E-state index in [-0.39, 0.29) is 0 Å². The monoisotopic (exact) mass is 304 g/mol. The van der Waals surface area contributed by atoms with Gasteiger partial charge in [-0.2, -0.15) is 0 Å². The van der Waals surface area contributed by atoms with E-state index < -0.39 is 15.2 Å². The van der Waals surface area contributed by atoms with E-state index in [4.69, 9.17) is 11.6 Å². The average molecular weight is 305 g/mol. The second-order valence-electron chi connectivity index (χ2n) is 5.97. The van der Waals surface area contributed by atoms with Crippen LogP contribution in [0.1, 0.15) is 0 Å². The Balaban J connectivity index is 2.41. The molecule has 0 aromatic heterocycles. The Kier molecular flexibility index (Phi) is 4.40. The summed E-state index contributed by atoms with van der Waals surface area (Å²) in [4.78, 5) is 0. The molecule has 104 valence electrons. The van der Waals surface area contributed by atoms with Crippen LogP contribution in [-0.2, 0) is 0 Å². The van der Waals surface area contributed by atoms with Crippen molar-refractivity contribution in [3.8, 4) is 11.1 Å². The molecule has 20 heavy (non-hydrogen) atoms. The fourth-order valence-electron chi connectivity index (χ4n) is 2.09. The van der Waals surface area contributed by atoms with Gasteiger partial charge >= 0.3 is 7.12 Å². The topological polar surface area (TPSA) is 40.5 Å². The third-order valence-electron chi connectivity index (χ3n) is 3.30. The van der Waals surface area contributed by atoms with E-state index in [2.05, 4.69) is 43.9 Å². The van der Waals surface area contributed by atoms with Crippen LogP contribution in [-0.4, -0.2) is 25.2 Å². The van der Waals surface area contributed by atoms with E-state index in [0.29, 0.717) is 10.5 Å². The summed E-state index contributed by atoms with van der Waals surface area (Å²) in [5, 5.41) is 20.4. The van der Waals surface area contributed by atoms with Gasteiger partial charge in [-0.25, -0.2) is 0 Å². The Morgan fingerprint density at radius 2 is 1.50 bits per heavy atom. The van der Waals surface area contributed by atoms with E-state index in [1.807, 2.05) is 6.07 Å². The first-order valence-electron chi connectivity index (χ1n) is 6.55. The van der Waals surface area contributed by atoms with Crippen molar-refractivity contribution in [2.45, 2.75) is 19.6 Å². The molecule has 0 radical (unpaired) electrons. The Hall–Kier alpha value is -1.07. The summed E-state index contributed by atoms with van der Waals surface area (Å²) in [6, 6.07) is 13.6. The van der Waals surface area contributed by atoms with Gasteiger partial charge in [0.2, 0.25) is 0 Å². The first-order chi connectivity index (χ1) is 9.27. The van der Waals surface area contributed by atoms with Crippen molar-refractivity contribution >= 4 is 37.4 Å². The van der Waals surface area contributed by atoms with E-state index in [1.165, 1.54) is 5.19 Å². The number of benzene rings is 2. The maximum atomic E-state index is 9.27. The molecule has 0 unspecified atom stereocenters. The first kappa shape index (κ1) is 15.3. The molecule has 2 nitrogen and oxygen atoms in total. The van der Waals surface area contributed by atoms with Crippen LogP contribution in [0.3, 0.4) is 0 Å². The summed E-state index contributed by atoms with van der Waals surface area (Å²) in [5.41, 5.74) is 2.32. The Labute approximate surface area is 126 Å². The van der Waals surface area contributed by atoms with Crippen LogP contribution in [0.5, 0.6) is 0 Å². The molecule has 0 aliphatic carbocycles. The molecule has 0 saturated heterocycles. The average Bonchev–Trinajstić information content (AvgIpc) is 2.37. The van der Waals surface area contributed by atoms with Crippen molar-refractivity contribution in [1.82, 2.24) is 0 Å². The predicted molar refractivity (Wildman–Crippen MR) is 89.7 cm³/mol. The van der Waals surface area contributed by atoms with E-state index in [1.54, 1.807) is 12.1 Å². The lowest BCUT2D eigenvalue weighted by Crippen LogP contribution is -2.37. The fraction of sp³-hybridized carbons (Fsp3) is 0.200. The summed E-state index contributed by atoms with van der Waals surface area (Å²) in [6.45, 7) is 6.92. The molecular weight excluding hydrogens is 287 g/mol. The Morgan fingerprint density at radius 3 is 2.00 bits per heavy atom. The lowest BCUT2D eigenvalue weighted by Gasteiger charge is -2.17. The maximum absolute atomic E-state index is 9.27. The van der Waals surface area contributed by atoms with Gasteiger partial charge < -0.3 is 10.0 Å². The third-order valence-corrected chi connectivity index (χ3v) is 5.59. The third kappa shape index (κ3) is 3.52. The largest absolute Gasteiger partial charge is 0.488 e. The smallest absolute Gasteiger partial charge is 0.423 e. The van der Waals surface area contributed by atoms with Gasteiger partial charge in [0.25, 0.3) is 0 Å². The molecule has 0 fully saturated rings. The minimum Gasteiger partial charge on any atom is -0.423 e. The molecule has 0 bridgehead atoms. The van der Waals surface area contributed by atoms with Crippen LogP contribution >= 0.6 is 11.6 Å². The van der Waals surface area contributed by atoms with Crippen molar-refractivity contribution in [1.29, 1.82) is 0 Å². The zero-order valence-electron chi connectivity index (χ0n) is 11.9. The molecule has 0 amide bonds. The highest BCUT2D eigenvalue weighted by molar-refractivity contribution is 6.88. The molecule has 2 aromatic rings. The highest BCUT2D eigenvalue weighted by Crippen LogP contribution is 2.21. The van der Waals surface area contributed by atoms with Gasteiger partial charge in [0, 0.05) is 5.02 Å². The highest BCUT2D eigenvalue weighted by atomic mass is 35.5. The molecule has 0 spiro atoms. The Bertz CT molecular complexity index is 606. The molecular formula is C15H18BClO2Si. The summed E-state index contributed by atoms with van der Waals surface area (Å²) in [6.07, 6.45) is 0. The van der Waals surface area contributed by atoms with Crippen molar-refractivity contribution in [3.05, 3.63) is 47.5 Å². The molecule has 0 aliphatic heterocycles. The molecule has 2 aromatic carbocycles. The quantitative estimate of drug-likeness (QED) is 0.854. The van der Waals surface area contributed by atoms with Gasteiger partial charge in [-0.15, -0.1) is 0 Å². The van der Waals surface area contributed by atoms with Gasteiger partial charge in [-0.1, -0.05) is 66.8 Å². The molecule has 0 aliphatic rings. The van der Waals surface area contributed by atoms with Gasteiger partial charge in [-0.05, 0) is 28.7 Å². The maximum Gasteiger partial charge on any atom is 0.488 e. The second kappa shape index (κ2) is 5.74. The standard InChI is InChI=1S/C15H18BClO2Si/c1-20(2,3)15-6-4-11(5-7-15)12-8-13(16(18)19)10-14(17)9-12/h4-10,18-19H,1-3H3. The van der Waals surface area contributed by atoms with Gasteiger partial charge in [0.1, 0.15) is 0 Å². The Morgan fingerprint density at radius 1 is 0.900 bits per heavy atom. The molecule has 2 N–H and O–H groups in total. The number of halogens is 1. The number of rotatable bonds is 3. The minimum atomic E-state index is -1.51. The lowest BCUT2D eigenvalue weighted by atomic mass is 9.79. The van der Waals surface area contributed by atoms with Crippen LogP contribution in [0.25, 0.3) is 11.1 Å². The number of hydrogen-bond donors (Lipinski definition) is 2. The zero-order chi connectivity index (χ0) is 14.9. The highest BCUT2D eigenvalue weighted by Gasteiger charge is 2.16. The van der Waals surface area contributed by atoms with E-state index in [0.717, 1.165) is 11.1 Å². The zero-order valence-corrected chi connectivity index (χ0v) is 13.6. The van der Waals surface area contributed by atoms with Crippen LogP contribution in [0.4, 0.5) is 0 Å². The van der Waals surface area contributed by atoms with Crippen molar-refractivity contribution in [2.75, 3.05) is 0 Å². The van der Waals surface area contributed by atoms with Crippen molar-refractivity contribution < 1.29 is 10.0 Å². The molecule has 2 rings (SSSR count). The van der Waals surface area contributed by atoms with Crippen LogP contribution < -0.4 is 10.6 Å². The molecule has 5 heteroatoms. The summed E-state index contributed by atoms with van der Waals surface area (Å²) >= 11 is 6.03. The molecule has 0 atom stereocenters. The van der Waals surface area contributed by atoms with Crippen molar-refractivity contribution in [2.24, 2.45) is 0 Å². The predicted octanol–water partition coefficient (Wildman–Crippen LogP) is 2.23. The second-order valence-corrected chi connectivity index (χ2v) is 11.5. The lowest BCUT2D eigenvalue weighted by molar-refractivity contribution is 0.426. The first-order valence-corrected chi connectivity index (χ1v) is 10.4. The van der Waals surface area contributed by atoms with E-state index >= 15 is 0 Å². The van der Waals surface area contributed by atoms with Crippen LogP contribution in [0.15, 0.2) is 42.5 Å². The SMILES string of the molecule is C[Si](C)(C)c1ccc(-c2cc(Cl)cc(B(O)O)c2)cc1. The summed E-state index contributed by atoms with van der Waals surface area (Å²) in [7, 11) is -2.81. The van der Waals surface area contributed by atoms with Gasteiger partial charge in [0.05, 0.1) is 8.07 Å². The fourth-order valence-corrected chi connectivity index (χ4v) is 3.50. The minimum absolute atomic E-state index is 0.404.